The van der Waals surface area contributed by atoms with Crippen LogP contribution in [0, 0.1) is 5.92 Å². The van der Waals surface area contributed by atoms with Crippen molar-refractivity contribution < 1.29 is 19.8 Å². The number of aliphatic hydroxyl groups is 2. The van der Waals surface area contributed by atoms with Crippen molar-refractivity contribution in [2.45, 2.75) is 20.0 Å². The summed E-state index contributed by atoms with van der Waals surface area (Å²) in [5.41, 5.74) is 0. The zero-order valence-electron chi connectivity index (χ0n) is 7.78. The molecule has 13 heavy (non-hydrogen) atoms. The van der Waals surface area contributed by atoms with E-state index < -0.39 is 24.5 Å². The van der Waals surface area contributed by atoms with Gasteiger partial charge in [0, 0.05) is 6.54 Å². The second kappa shape index (κ2) is 5.66. The Morgan fingerprint density at radius 3 is 2.38 bits per heavy atom. The molecule has 0 saturated carbocycles. The molecular formula is C8H15NO4. The van der Waals surface area contributed by atoms with Crippen LogP contribution in [-0.2, 0) is 9.59 Å². The average Bonchev–Trinajstić information content (AvgIpc) is 2.11. The number of hydrogen-bond acceptors (Lipinski definition) is 4. The molecular weight excluding hydrogens is 174 g/mol. The molecule has 0 aliphatic carbocycles. The smallest absolute Gasteiger partial charge is 0.230 e. The largest absolute Gasteiger partial charge is 0.394 e. The highest BCUT2D eigenvalue weighted by Gasteiger charge is 2.17. The number of carbonyl (C=O) groups excluding carboxylic acids is 2. The summed E-state index contributed by atoms with van der Waals surface area (Å²) < 4.78 is 0. The number of rotatable bonds is 5. The SMILES string of the molecule is CC(=O)C(C)C(=O)NCC(O)CO. The Hall–Kier alpha value is -0.940. The number of ketones is 1. The molecule has 0 radical (unpaired) electrons. The summed E-state index contributed by atoms with van der Waals surface area (Å²) in [4.78, 5) is 21.8. The maximum Gasteiger partial charge on any atom is 0.230 e. The Balaban J connectivity index is 3.81. The fraction of sp³-hybridized carbons (Fsp3) is 0.750. The summed E-state index contributed by atoms with van der Waals surface area (Å²) in [7, 11) is 0. The van der Waals surface area contributed by atoms with Gasteiger partial charge < -0.3 is 15.5 Å². The highest BCUT2D eigenvalue weighted by molar-refractivity contribution is 5.99. The lowest BCUT2D eigenvalue weighted by atomic mass is 10.1. The molecule has 2 unspecified atom stereocenters. The molecule has 0 aliphatic heterocycles. The molecule has 0 spiro atoms. The first-order valence-electron chi connectivity index (χ1n) is 4.06. The molecule has 5 heteroatoms. The van der Waals surface area contributed by atoms with E-state index in [1.165, 1.54) is 13.8 Å². The molecule has 0 fully saturated rings. The lowest BCUT2D eigenvalue weighted by Gasteiger charge is -2.11. The van der Waals surface area contributed by atoms with Crippen LogP contribution in [-0.4, -0.2) is 41.2 Å². The van der Waals surface area contributed by atoms with E-state index in [4.69, 9.17) is 10.2 Å². The highest BCUT2D eigenvalue weighted by atomic mass is 16.3. The first-order chi connectivity index (χ1) is 5.99. The molecule has 0 bridgehead atoms. The lowest BCUT2D eigenvalue weighted by Crippen LogP contribution is -2.38. The van der Waals surface area contributed by atoms with Crippen LogP contribution in [0.1, 0.15) is 13.8 Å². The third-order valence-electron chi connectivity index (χ3n) is 1.73. The van der Waals surface area contributed by atoms with Crippen LogP contribution in [0.5, 0.6) is 0 Å². The first kappa shape index (κ1) is 12.1. The van der Waals surface area contributed by atoms with E-state index in [1.54, 1.807) is 0 Å². The van der Waals surface area contributed by atoms with E-state index >= 15 is 0 Å². The fourth-order valence-electron chi connectivity index (χ4n) is 0.621. The molecule has 3 N–H and O–H groups in total. The third-order valence-corrected chi connectivity index (χ3v) is 1.73. The van der Waals surface area contributed by atoms with Gasteiger partial charge in [-0.15, -0.1) is 0 Å². The second-order valence-electron chi connectivity index (χ2n) is 2.91. The van der Waals surface area contributed by atoms with Gasteiger partial charge in [0.2, 0.25) is 5.91 Å². The summed E-state index contributed by atoms with van der Waals surface area (Å²) in [6, 6.07) is 0. The summed E-state index contributed by atoms with van der Waals surface area (Å²) >= 11 is 0. The molecule has 76 valence electrons. The van der Waals surface area contributed by atoms with Crippen LogP contribution in [0.2, 0.25) is 0 Å². The van der Waals surface area contributed by atoms with Crippen LogP contribution in [0.3, 0.4) is 0 Å². The Kier molecular flexibility index (Phi) is 5.25. The van der Waals surface area contributed by atoms with Crippen LogP contribution < -0.4 is 5.32 Å². The van der Waals surface area contributed by atoms with E-state index in [0.717, 1.165) is 0 Å². The van der Waals surface area contributed by atoms with Crippen molar-refractivity contribution in [2.24, 2.45) is 5.92 Å². The van der Waals surface area contributed by atoms with Crippen LogP contribution in [0.4, 0.5) is 0 Å². The van der Waals surface area contributed by atoms with Gasteiger partial charge >= 0.3 is 0 Å². The average molecular weight is 189 g/mol. The van der Waals surface area contributed by atoms with E-state index in [0.29, 0.717) is 0 Å². The molecule has 0 rings (SSSR count). The van der Waals surface area contributed by atoms with Crippen molar-refractivity contribution in [1.82, 2.24) is 5.32 Å². The number of nitrogens with one attached hydrogen (secondary N) is 1. The summed E-state index contributed by atoms with van der Waals surface area (Å²) in [6.07, 6.45) is -0.969. The standard InChI is InChI=1S/C8H15NO4/c1-5(6(2)11)8(13)9-3-7(12)4-10/h5,7,10,12H,3-4H2,1-2H3,(H,9,13). The molecule has 1 amide bonds. The number of Topliss-reactive ketones (excluding diaryl/α,β-unsaturated/α-hetero) is 1. The predicted octanol–water partition coefficient (Wildman–Crippen LogP) is -1.32. The molecule has 0 saturated heterocycles. The monoisotopic (exact) mass is 189 g/mol. The van der Waals surface area contributed by atoms with Crippen LogP contribution >= 0.6 is 0 Å². The molecule has 5 nitrogen and oxygen atoms in total. The number of carbonyl (C=O) groups is 2. The third kappa shape index (κ3) is 4.59. The van der Waals surface area contributed by atoms with Gasteiger partial charge in [0.1, 0.15) is 5.78 Å². The Morgan fingerprint density at radius 2 is 2.00 bits per heavy atom. The Morgan fingerprint density at radius 1 is 1.46 bits per heavy atom. The minimum atomic E-state index is -0.969. The fourth-order valence-corrected chi connectivity index (χ4v) is 0.621. The van der Waals surface area contributed by atoms with Crippen molar-refractivity contribution >= 4 is 11.7 Å². The van der Waals surface area contributed by atoms with Gasteiger partial charge in [-0.1, -0.05) is 0 Å². The number of aliphatic hydroxyl groups excluding tert-OH is 2. The summed E-state index contributed by atoms with van der Waals surface area (Å²) in [5.74, 6) is -1.36. The van der Waals surface area contributed by atoms with Crippen molar-refractivity contribution in [2.75, 3.05) is 13.2 Å². The molecule has 2 atom stereocenters. The van der Waals surface area contributed by atoms with Crippen molar-refractivity contribution in [3.8, 4) is 0 Å². The quantitative estimate of drug-likeness (QED) is 0.468. The second-order valence-corrected chi connectivity index (χ2v) is 2.91. The Labute approximate surface area is 76.8 Å². The predicted molar refractivity (Wildman–Crippen MR) is 45.9 cm³/mol. The van der Waals surface area contributed by atoms with Crippen LogP contribution in [0.15, 0.2) is 0 Å². The Bertz CT molecular complexity index is 193. The maximum absolute atomic E-state index is 11.1. The zero-order valence-corrected chi connectivity index (χ0v) is 7.78. The molecule has 0 aromatic rings. The van der Waals surface area contributed by atoms with E-state index in [-0.39, 0.29) is 12.3 Å². The van der Waals surface area contributed by atoms with Gasteiger partial charge in [0.05, 0.1) is 18.6 Å². The summed E-state index contributed by atoms with van der Waals surface area (Å²) in [6.45, 7) is 2.37. The maximum atomic E-state index is 11.1. The van der Waals surface area contributed by atoms with E-state index in [9.17, 15) is 9.59 Å². The molecule has 0 aromatic carbocycles. The van der Waals surface area contributed by atoms with Gasteiger partial charge in [-0.2, -0.15) is 0 Å². The van der Waals surface area contributed by atoms with Crippen molar-refractivity contribution in [3.05, 3.63) is 0 Å². The first-order valence-corrected chi connectivity index (χ1v) is 4.06. The number of amides is 1. The van der Waals surface area contributed by atoms with Gasteiger partial charge in [0.15, 0.2) is 0 Å². The van der Waals surface area contributed by atoms with E-state index in [1.807, 2.05) is 0 Å². The van der Waals surface area contributed by atoms with Gasteiger partial charge in [0.25, 0.3) is 0 Å². The minimum Gasteiger partial charge on any atom is -0.394 e. The molecule has 0 aromatic heterocycles. The summed E-state index contributed by atoms with van der Waals surface area (Å²) in [5, 5.41) is 19.6. The highest BCUT2D eigenvalue weighted by Crippen LogP contribution is 1.95. The topological polar surface area (TPSA) is 86.6 Å². The molecule has 0 aliphatic rings. The van der Waals surface area contributed by atoms with E-state index in [2.05, 4.69) is 5.32 Å². The van der Waals surface area contributed by atoms with Gasteiger partial charge in [-0.3, -0.25) is 9.59 Å². The lowest BCUT2D eigenvalue weighted by molar-refractivity contribution is -0.132. The number of hydrogen-bond donors (Lipinski definition) is 3. The zero-order chi connectivity index (χ0) is 10.4. The van der Waals surface area contributed by atoms with Gasteiger partial charge in [-0.05, 0) is 13.8 Å². The normalized spacial score (nSPS) is 14.8. The van der Waals surface area contributed by atoms with Gasteiger partial charge in [-0.25, -0.2) is 0 Å². The van der Waals surface area contributed by atoms with Crippen LogP contribution in [0.25, 0.3) is 0 Å². The van der Waals surface area contributed by atoms with Crippen molar-refractivity contribution in [1.29, 1.82) is 0 Å². The van der Waals surface area contributed by atoms with Crippen molar-refractivity contribution in [3.63, 3.8) is 0 Å². The molecule has 0 heterocycles. The minimum absolute atomic E-state index is 0.0348.